The van der Waals surface area contributed by atoms with Crippen LogP contribution in [-0.2, 0) is 15.1 Å². The lowest BCUT2D eigenvalue weighted by Gasteiger charge is -2.36. The standard InChI is InChI=1S/C23H24O3/c1-4-22(2,3)21(24)26-23(20-15-16-25-17-20,18-11-7-5-8-12-18)19-13-9-6-10-14-19/h5-17H,4H2,1-3H3. The third kappa shape index (κ3) is 3.17. The third-order valence-electron chi connectivity index (χ3n) is 4.97. The summed E-state index contributed by atoms with van der Waals surface area (Å²) >= 11 is 0. The second-order valence-corrected chi connectivity index (χ2v) is 7.05. The summed E-state index contributed by atoms with van der Waals surface area (Å²) in [4.78, 5) is 13.1. The van der Waals surface area contributed by atoms with Crippen molar-refractivity contribution in [3.8, 4) is 0 Å². The molecule has 0 aliphatic rings. The highest BCUT2D eigenvalue weighted by molar-refractivity contribution is 5.77. The molecule has 0 amide bonds. The van der Waals surface area contributed by atoms with E-state index in [4.69, 9.17) is 9.15 Å². The molecule has 0 saturated heterocycles. The van der Waals surface area contributed by atoms with Gasteiger partial charge in [0.25, 0.3) is 0 Å². The molecule has 0 atom stereocenters. The summed E-state index contributed by atoms with van der Waals surface area (Å²) in [5.41, 5.74) is 0.910. The van der Waals surface area contributed by atoms with Gasteiger partial charge in [-0.1, -0.05) is 67.6 Å². The van der Waals surface area contributed by atoms with Gasteiger partial charge < -0.3 is 9.15 Å². The van der Waals surface area contributed by atoms with Gasteiger partial charge in [-0.05, 0) is 26.3 Å². The van der Waals surface area contributed by atoms with Gasteiger partial charge in [0.2, 0.25) is 0 Å². The second kappa shape index (κ2) is 7.20. The SMILES string of the molecule is CCC(C)(C)C(=O)OC(c1ccccc1)(c1ccccc1)c1ccoc1. The Morgan fingerprint density at radius 2 is 1.42 bits per heavy atom. The Kier molecular flexibility index (Phi) is 4.99. The van der Waals surface area contributed by atoms with Gasteiger partial charge in [-0.25, -0.2) is 0 Å². The molecule has 134 valence electrons. The Balaban J connectivity index is 2.25. The zero-order valence-electron chi connectivity index (χ0n) is 15.4. The fraction of sp³-hybridized carbons (Fsp3) is 0.261. The molecule has 0 bridgehead atoms. The Morgan fingerprint density at radius 1 is 0.885 bits per heavy atom. The molecule has 0 saturated carbocycles. The van der Waals surface area contributed by atoms with Crippen LogP contribution >= 0.6 is 0 Å². The van der Waals surface area contributed by atoms with Gasteiger partial charge in [-0.3, -0.25) is 4.79 Å². The molecule has 0 N–H and O–H groups in total. The molecule has 0 fully saturated rings. The lowest BCUT2D eigenvalue weighted by Crippen LogP contribution is -2.39. The third-order valence-corrected chi connectivity index (χ3v) is 4.97. The van der Waals surface area contributed by atoms with Gasteiger partial charge in [0.15, 0.2) is 5.60 Å². The van der Waals surface area contributed by atoms with Gasteiger partial charge in [-0.15, -0.1) is 0 Å². The maximum absolute atomic E-state index is 13.1. The Hall–Kier alpha value is -2.81. The number of esters is 1. The molecule has 26 heavy (non-hydrogen) atoms. The molecule has 2 aromatic carbocycles. The van der Waals surface area contributed by atoms with E-state index in [1.807, 2.05) is 87.5 Å². The van der Waals surface area contributed by atoms with Crippen molar-refractivity contribution < 1.29 is 13.9 Å². The van der Waals surface area contributed by atoms with Crippen molar-refractivity contribution >= 4 is 5.97 Å². The van der Waals surface area contributed by atoms with Crippen molar-refractivity contribution in [1.82, 2.24) is 0 Å². The van der Waals surface area contributed by atoms with Crippen molar-refractivity contribution in [1.29, 1.82) is 0 Å². The fourth-order valence-corrected chi connectivity index (χ4v) is 2.91. The van der Waals surface area contributed by atoms with Crippen LogP contribution in [0.4, 0.5) is 0 Å². The van der Waals surface area contributed by atoms with E-state index in [2.05, 4.69) is 0 Å². The van der Waals surface area contributed by atoms with Crippen molar-refractivity contribution in [2.24, 2.45) is 5.41 Å². The smallest absolute Gasteiger partial charge is 0.313 e. The van der Waals surface area contributed by atoms with Gasteiger partial charge >= 0.3 is 5.97 Å². The van der Waals surface area contributed by atoms with Crippen LogP contribution in [0, 0.1) is 5.41 Å². The molecule has 1 heterocycles. The van der Waals surface area contributed by atoms with Crippen LogP contribution in [0.5, 0.6) is 0 Å². The topological polar surface area (TPSA) is 39.4 Å². The molecule has 3 rings (SSSR count). The number of hydrogen-bond donors (Lipinski definition) is 0. The minimum absolute atomic E-state index is 0.242. The van der Waals surface area contributed by atoms with E-state index in [1.54, 1.807) is 12.5 Å². The minimum atomic E-state index is -1.06. The molecule has 3 heteroatoms. The van der Waals surface area contributed by atoms with Crippen LogP contribution in [0.1, 0.15) is 43.9 Å². The van der Waals surface area contributed by atoms with Crippen LogP contribution in [-0.4, -0.2) is 5.97 Å². The fourth-order valence-electron chi connectivity index (χ4n) is 2.91. The van der Waals surface area contributed by atoms with E-state index in [9.17, 15) is 4.79 Å². The summed E-state index contributed by atoms with van der Waals surface area (Å²) in [6.07, 6.45) is 3.94. The van der Waals surface area contributed by atoms with Gasteiger partial charge in [-0.2, -0.15) is 0 Å². The number of carbonyl (C=O) groups is 1. The normalized spacial score (nSPS) is 12.0. The van der Waals surface area contributed by atoms with Gasteiger partial charge in [0.05, 0.1) is 17.9 Å². The van der Waals surface area contributed by atoms with Crippen molar-refractivity contribution in [3.63, 3.8) is 0 Å². The molecule has 1 aromatic heterocycles. The molecule has 0 aliphatic heterocycles. The first-order chi connectivity index (χ1) is 12.5. The molecule has 3 aromatic rings. The van der Waals surface area contributed by atoms with Crippen LogP contribution in [0.25, 0.3) is 0 Å². The lowest BCUT2D eigenvalue weighted by atomic mass is 9.80. The summed E-state index contributed by atoms with van der Waals surface area (Å²) in [6.45, 7) is 5.81. The molecular formula is C23H24O3. The highest BCUT2D eigenvalue weighted by Gasteiger charge is 2.44. The number of benzene rings is 2. The summed E-state index contributed by atoms with van der Waals surface area (Å²) in [6, 6.07) is 21.5. The molecule has 0 unspecified atom stereocenters. The number of rotatable bonds is 6. The first-order valence-corrected chi connectivity index (χ1v) is 8.88. The summed E-state index contributed by atoms with van der Waals surface area (Å²) < 4.78 is 11.7. The predicted molar refractivity (Wildman–Crippen MR) is 102 cm³/mol. The van der Waals surface area contributed by atoms with Crippen molar-refractivity contribution in [3.05, 3.63) is 95.9 Å². The summed E-state index contributed by atoms with van der Waals surface area (Å²) in [5.74, 6) is -0.242. The molecule has 0 spiro atoms. The van der Waals surface area contributed by atoms with Gasteiger partial charge in [0, 0.05) is 16.7 Å². The molecular weight excluding hydrogens is 324 g/mol. The Morgan fingerprint density at radius 3 is 1.85 bits per heavy atom. The number of hydrogen-bond acceptors (Lipinski definition) is 3. The van der Waals surface area contributed by atoms with E-state index < -0.39 is 11.0 Å². The number of furan rings is 1. The minimum Gasteiger partial charge on any atom is -0.472 e. The van der Waals surface area contributed by atoms with Gasteiger partial charge in [0.1, 0.15) is 0 Å². The largest absolute Gasteiger partial charge is 0.472 e. The van der Waals surface area contributed by atoms with Crippen LogP contribution in [0.2, 0.25) is 0 Å². The van der Waals surface area contributed by atoms with Crippen molar-refractivity contribution in [2.75, 3.05) is 0 Å². The van der Waals surface area contributed by atoms with Crippen molar-refractivity contribution in [2.45, 2.75) is 32.8 Å². The Labute approximate surface area is 154 Å². The first-order valence-electron chi connectivity index (χ1n) is 8.88. The van der Waals surface area contributed by atoms with E-state index in [1.165, 1.54) is 0 Å². The molecule has 0 aliphatic carbocycles. The molecule has 0 radical (unpaired) electrons. The van der Waals surface area contributed by atoms with Crippen LogP contribution in [0.15, 0.2) is 83.7 Å². The highest BCUT2D eigenvalue weighted by atomic mass is 16.6. The van der Waals surface area contributed by atoms with E-state index >= 15 is 0 Å². The summed E-state index contributed by atoms with van der Waals surface area (Å²) in [7, 11) is 0. The summed E-state index contributed by atoms with van der Waals surface area (Å²) in [5, 5.41) is 0. The van der Waals surface area contributed by atoms with Crippen LogP contribution < -0.4 is 0 Å². The second-order valence-electron chi connectivity index (χ2n) is 7.05. The zero-order chi connectivity index (χ0) is 18.6. The van der Waals surface area contributed by atoms with E-state index in [0.29, 0.717) is 6.42 Å². The Bertz CT molecular complexity index is 794. The maximum atomic E-state index is 13.1. The maximum Gasteiger partial charge on any atom is 0.313 e. The number of carbonyl (C=O) groups excluding carboxylic acids is 1. The zero-order valence-corrected chi connectivity index (χ0v) is 15.4. The predicted octanol–water partition coefficient (Wildman–Crippen LogP) is 5.55. The van der Waals surface area contributed by atoms with Crippen LogP contribution in [0.3, 0.4) is 0 Å². The average molecular weight is 348 g/mol. The lowest BCUT2D eigenvalue weighted by molar-refractivity contribution is -0.164. The number of ether oxygens (including phenoxy) is 1. The quantitative estimate of drug-likeness (QED) is 0.548. The monoisotopic (exact) mass is 348 g/mol. The highest BCUT2D eigenvalue weighted by Crippen LogP contribution is 2.42. The average Bonchev–Trinajstić information content (AvgIpc) is 3.22. The van der Waals surface area contributed by atoms with E-state index in [-0.39, 0.29) is 5.97 Å². The molecule has 3 nitrogen and oxygen atoms in total. The first kappa shape index (κ1) is 18.0. The van der Waals surface area contributed by atoms with E-state index in [0.717, 1.165) is 16.7 Å².